The molecule has 0 bridgehead atoms. The number of esters is 1. The Morgan fingerprint density at radius 2 is 1.58 bits per heavy atom. The molecule has 0 saturated heterocycles. The van der Waals surface area contributed by atoms with Crippen molar-refractivity contribution in [2.75, 3.05) is 6.61 Å². The Morgan fingerprint density at radius 3 is 2.16 bits per heavy atom. The second-order valence-corrected chi connectivity index (χ2v) is 7.89. The van der Waals surface area contributed by atoms with Crippen LogP contribution >= 0.6 is 0 Å². The van der Waals surface area contributed by atoms with Crippen LogP contribution in [0.2, 0.25) is 0 Å². The number of hydrogen-bond acceptors (Lipinski definition) is 6. The monoisotopic (exact) mass is 426 g/mol. The van der Waals surface area contributed by atoms with Crippen LogP contribution in [0.4, 0.5) is 0 Å². The van der Waals surface area contributed by atoms with Gasteiger partial charge in [-0.05, 0) is 24.3 Å². The van der Waals surface area contributed by atoms with E-state index in [1.165, 1.54) is 0 Å². The number of hydrogen-bond donors (Lipinski definition) is 3. The number of Topliss-reactive ketones (excluding diaryl/α,β-unsaturated/α-hetero) is 1. The molecule has 0 saturated carbocycles. The van der Waals surface area contributed by atoms with Crippen LogP contribution in [0, 0.1) is 5.92 Å². The van der Waals surface area contributed by atoms with Crippen LogP contribution < -0.4 is 11.1 Å². The third-order valence-electron chi connectivity index (χ3n) is 4.74. The van der Waals surface area contributed by atoms with Gasteiger partial charge in [0.15, 0.2) is 12.4 Å². The van der Waals surface area contributed by atoms with Crippen LogP contribution in [0.15, 0.2) is 60.7 Å². The predicted molar refractivity (Wildman–Crippen MR) is 117 cm³/mol. The molecule has 0 aliphatic rings. The first-order chi connectivity index (χ1) is 14.8. The predicted octanol–water partition coefficient (Wildman–Crippen LogP) is 1.87. The van der Waals surface area contributed by atoms with E-state index in [2.05, 4.69) is 5.32 Å². The van der Waals surface area contributed by atoms with E-state index in [1.807, 2.05) is 44.2 Å². The fraction of sp³-hybridized carbons (Fsp3) is 0.375. The lowest BCUT2D eigenvalue weighted by Gasteiger charge is -2.23. The first kappa shape index (κ1) is 24.2. The second-order valence-electron chi connectivity index (χ2n) is 7.89. The molecule has 0 aliphatic carbocycles. The van der Waals surface area contributed by atoms with Gasteiger partial charge < -0.3 is 20.9 Å². The zero-order valence-corrected chi connectivity index (χ0v) is 17.9. The van der Waals surface area contributed by atoms with Gasteiger partial charge in [0.25, 0.3) is 5.91 Å². The maximum absolute atomic E-state index is 12.5. The summed E-state index contributed by atoms with van der Waals surface area (Å²) in [7, 11) is 0. The molecule has 3 atom stereocenters. The fourth-order valence-electron chi connectivity index (χ4n) is 3.08. The summed E-state index contributed by atoms with van der Waals surface area (Å²) in [6.07, 6.45) is -0.890. The maximum atomic E-state index is 12.5. The Labute approximate surface area is 182 Å². The molecule has 0 fully saturated rings. The van der Waals surface area contributed by atoms with Crippen LogP contribution in [-0.2, 0) is 20.7 Å². The maximum Gasteiger partial charge on any atom is 0.329 e. The zero-order chi connectivity index (χ0) is 22.8. The number of nitrogens with one attached hydrogen (secondary N) is 1. The lowest BCUT2D eigenvalue weighted by atomic mass is 10.00. The third kappa shape index (κ3) is 7.96. The molecule has 7 heteroatoms. The SMILES string of the molecule is CC(C)C[C@H](NC(=O)[C@@H](O)[C@H](N)Cc1ccccc1)C(=O)OCC(=O)c1ccccc1. The summed E-state index contributed by atoms with van der Waals surface area (Å²) in [5.74, 6) is -1.75. The molecule has 166 valence electrons. The molecule has 7 nitrogen and oxygen atoms in total. The van der Waals surface area contributed by atoms with E-state index in [1.54, 1.807) is 30.3 Å². The first-order valence-corrected chi connectivity index (χ1v) is 10.3. The van der Waals surface area contributed by atoms with Gasteiger partial charge in [0.05, 0.1) is 0 Å². The molecule has 1 amide bonds. The molecule has 0 radical (unpaired) electrons. The molecule has 2 aromatic carbocycles. The summed E-state index contributed by atoms with van der Waals surface area (Å²) in [6, 6.07) is 15.9. The molecule has 0 aliphatic heterocycles. The molecular weight excluding hydrogens is 396 g/mol. The van der Waals surface area contributed by atoms with Crippen LogP contribution in [0.5, 0.6) is 0 Å². The highest BCUT2D eigenvalue weighted by Crippen LogP contribution is 2.10. The standard InChI is InChI=1S/C24H30N2O5/c1-16(2)13-20(24(30)31-15-21(27)18-11-7-4-8-12-18)26-23(29)22(28)19(25)14-17-9-5-3-6-10-17/h3-12,16,19-20,22,28H,13-15,25H2,1-2H3,(H,26,29)/t19-,20+,22+/m1/s1. The smallest absolute Gasteiger partial charge is 0.329 e. The fourth-order valence-corrected chi connectivity index (χ4v) is 3.08. The number of aliphatic hydroxyl groups excluding tert-OH is 1. The summed E-state index contributed by atoms with van der Waals surface area (Å²) in [6.45, 7) is 3.35. The number of nitrogens with two attached hydrogens (primary N) is 1. The highest BCUT2D eigenvalue weighted by atomic mass is 16.5. The number of carbonyl (C=O) groups is 3. The molecule has 0 spiro atoms. The highest BCUT2D eigenvalue weighted by Gasteiger charge is 2.29. The van der Waals surface area contributed by atoms with E-state index in [0.717, 1.165) is 5.56 Å². The van der Waals surface area contributed by atoms with Gasteiger partial charge in [0.1, 0.15) is 12.1 Å². The summed E-state index contributed by atoms with van der Waals surface area (Å²) in [4.78, 5) is 37.2. The first-order valence-electron chi connectivity index (χ1n) is 10.3. The minimum atomic E-state index is -1.49. The van der Waals surface area contributed by atoms with E-state index in [-0.39, 0.29) is 11.7 Å². The second kappa shape index (κ2) is 12.0. The van der Waals surface area contributed by atoms with Gasteiger partial charge in [-0.15, -0.1) is 0 Å². The van der Waals surface area contributed by atoms with Crippen LogP contribution in [0.25, 0.3) is 0 Å². The van der Waals surface area contributed by atoms with Crippen molar-refractivity contribution in [2.24, 2.45) is 11.7 Å². The Hall–Kier alpha value is -3.03. The van der Waals surface area contributed by atoms with Crippen molar-refractivity contribution in [3.05, 3.63) is 71.8 Å². The largest absolute Gasteiger partial charge is 0.456 e. The Morgan fingerprint density at radius 1 is 1.00 bits per heavy atom. The quantitative estimate of drug-likeness (QED) is 0.373. The highest BCUT2D eigenvalue weighted by molar-refractivity contribution is 5.98. The summed E-state index contributed by atoms with van der Waals surface area (Å²) < 4.78 is 5.14. The number of ketones is 1. The van der Waals surface area contributed by atoms with E-state index >= 15 is 0 Å². The van der Waals surface area contributed by atoms with E-state index < -0.39 is 36.7 Å². The summed E-state index contributed by atoms with van der Waals surface area (Å²) in [5, 5.41) is 12.9. The lowest BCUT2D eigenvalue weighted by molar-refractivity contribution is -0.148. The minimum Gasteiger partial charge on any atom is -0.456 e. The number of carbonyl (C=O) groups excluding carboxylic acids is 3. The average Bonchev–Trinajstić information content (AvgIpc) is 2.77. The van der Waals surface area contributed by atoms with Crippen molar-refractivity contribution >= 4 is 17.7 Å². The number of ether oxygens (including phenoxy) is 1. The van der Waals surface area contributed by atoms with Crippen molar-refractivity contribution in [1.29, 1.82) is 0 Å². The van der Waals surface area contributed by atoms with E-state index in [9.17, 15) is 19.5 Å². The van der Waals surface area contributed by atoms with Gasteiger partial charge in [-0.1, -0.05) is 74.5 Å². The summed E-state index contributed by atoms with van der Waals surface area (Å²) in [5.41, 5.74) is 7.32. The molecular formula is C24H30N2O5. The molecule has 2 aromatic rings. The van der Waals surface area contributed by atoms with Gasteiger partial charge in [0, 0.05) is 11.6 Å². The van der Waals surface area contributed by atoms with Crippen LogP contribution in [-0.4, -0.2) is 47.6 Å². The number of rotatable bonds is 11. The average molecular weight is 427 g/mol. The Kier molecular flexibility index (Phi) is 9.37. The Balaban J connectivity index is 1.94. The number of aliphatic hydroxyl groups is 1. The van der Waals surface area contributed by atoms with Crippen molar-refractivity contribution in [3.63, 3.8) is 0 Å². The van der Waals surface area contributed by atoms with E-state index in [0.29, 0.717) is 18.4 Å². The normalized spacial score (nSPS) is 13.8. The van der Waals surface area contributed by atoms with Crippen LogP contribution in [0.1, 0.15) is 36.2 Å². The molecule has 4 N–H and O–H groups in total. The van der Waals surface area contributed by atoms with Crippen molar-refractivity contribution in [1.82, 2.24) is 5.32 Å². The number of benzene rings is 2. The minimum absolute atomic E-state index is 0.0674. The molecule has 0 heterocycles. The molecule has 2 rings (SSSR count). The van der Waals surface area contributed by atoms with Gasteiger partial charge in [-0.3, -0.25) is 9.59 Å². The number of amides is 1. The van der Waals surface area contributed by atoms with Gasteiger partial charge in [-0.25, -0.2) is 4.79 Å². The summed E-state index contributed by atoms with van der Waals surface area (Å²) >= 11 is 0. The van der Waals surface area contributed by atoms with Crippen molar-refractivity contribution in [2.45, 2.75) is 44.9 Å². The van der Waals surface area contributed by atoms with Crippen molar-refractivity contribution < 1.29 is 24.2 Å². The third-order valence-corrected chi connectivity index (χ3v) is 4.74. The van der Waals surface area contributed by atoms with Gasteiger partial charge >= 0.3 is 5.97 Å². The Bertz CT molecular complexity index is 855. The van der Waals surface area contributed by atoms with Gasteiger partial charge in [-0.2, -0.15) is 0 Å². The van der Waals surface area contributed by atoms with Crippen LogP contribution in [0.3, 0.4) is 0 Å². The van der Waals surface area contributed by atoms with Gasteiger partial charge in [0.2, 0.25) is 0 Å². The molecule has 0 unspecified atom stereocenters. The lowest BCUT2D eigenvalue weighted by Crippen LogP contribution is -2.52. The van der Waals surface area contributed by atoms with E-state index in [4.69, 9.17) is 10.5 Å². The zero-order valence-electron chi connectivity index (χ0n) is 17.9. The molecule has 31 heavy (non-hydrogen) atoms. The van der Waals surface area contributed by atoms with Crippen molar-refractivity contribution in [3.8, 4) is 0 Å². The topological polar surface area (TPSA) is 119 Å². The molecule has 0 aromatic heterocycles.